The summed E-state index contributed by atoms with van der Waals surface area (Å²) in [6, 6.07) is 5.17. The largest absolute Gasteiger partial charge is 0.474 e. The van der Waals surface area contributed by atoms with Crippen LogP contribution in [0, 0.1) is 0 Å². The molecule has 0 spiro atoms. The highest BCUT2D eigenvalue weighted by Gasteiger charge is 2.06. The average molecular weight is 243 g/mol. The van der Waals surface area contributed by atoms with Crippen LogP contribution in [0.3, 0.4) is 0 Å². The third-order valence-electron chi connectivity index (χ3n) is 1.23. The molecule has 0 heterocycles. The SMILES string of the molecule is CC(N)Oc1cccc(Cl)c1Cl.Cl. The molecule has 0 aliphatic carbocycles. The minimum atomic E-state index is -0.388. The van der Waals surface area contributed by atoms with Gasteiger partial charge in [-0.3, -0.25) is 5.73 Å². The fourth-order valence-electron chi connectivity index (χ4n) is 0.775. The minimum absolute atomic E-state index is 0. The van der Waals surface area contributed by atoms with Gasteiger partial charge in [0, 0.05) is 0 Å². The predicted molar refractivity (Wildman–Crippen MR) is 58.0 cm³/mol. The van der Waals surface area contributed by atoms with Gasteiger partial charge in [-0.1, -0.05) is 29.3 Å². The average Bonchev–Trinajstić information content (AvgIpc) is 1.98. The molecule has 0 aromatic heterocycles. The molecule has 74 valence electrons. The maximum absolute atomic E-state index is 5.82. The third-order valence-corrected chi connectivity index (χ3v) is 2.03. The number of ether oxygens (including phenoxy) is 1. The molecular weight excluding hydrogens is 232 g/mol. The summed E-state index contributed by atoms with van der Waals surface area (Å²) in [5.41, 5.74) is 5.42. The first-order valence-corrected chi connectivity index (χ1v) is 4.23. The maximum atomic E-state index is 5.82. The molecule has 1 unspecified atom stereocenters. The number of rotatable bonds is 2. The highest BCUT2D eigenvalue weighted by molar-refractivity contribution is 6.42. The van der Waals surface area contributed by atoms with Crippen LogP contribution in [0.2, 0.25) is 10.0 Å². The van der Waals surface area contributed by atoms with Crippen LogP contribution >= 0.6 is 35.6 Å². The van der Waals surface area contributed by atoms with Crippen molar-refractivity contribution in [1.29, 1.82) is 0 Å². The molecular formula is C8H10Cl3NO. The molecule has 2 nitrogen and oxygen atoms in total. The highest BCUT2D eigenvalue weighted by atomic mass is 35.5. The molecule has 0 aliphatic heterocycles. The van der Waals surface area contributed by atoms with Gasteiger partial charge in [-0.25, -0.2) is 0 Å². The van der Waals surface area contributed by atoms with Crippen molar-refractivity contribution >= 4 is 35.6 Å². The van der Waals surface area contributed by atoms with Crippen LogP contribution in [-0.2, 0) is 0 Å². The molecule has 1 atom stereocenters. The fourth-order valence-corrected chi connectivity index (χ4v) is 1.11. The molecule has 5 heteroatoms. The van der Waals surface area contributed by atoms with E-state index in [0.717, 1.165) is 0 Å². The minimum Gasteiger partial charge on any atom is -0.474 e. The Labute approximate surface area is 93.4 Å². The molecule has 0 aliphatic rings. The van der Waals surface area contributed by atoms with Gasteiger partial charge in [0.2, 0.25) is 0 Å². The van der Waals surface area contributed by atoms with Crippen LogP contribution < -0.4 is 10.5 Å². The first kappa shape index (κ1) is 12.8. The predicted octanol–water partition coefficient (Wildman–Crippen LogP) is 3.10. The summed E-state index contributed by atoms with van der Waals surface area (Å²) in [6.07, 6.45) is -0.388. The third kappa shape index (κ3) is 3.61. The molecule has 0 bridgehead atoms. The van der Waals surface area contributed by atoms with E-state index in [1.807, 2.05) is 0 Å². The Morgan fingerprint density at radius 2 is 2.00 bits per heavy atom. The van der Waals surface area contributed by atoms with Gasteiger partial charge in [-0.2, -0.15) is 0 Å². The van der Waals surface area contributed by atoms with Crippen molar-refractivity contribution in [1.82, 2.24) is 0 Å². The second-order valence-corrected chi connectivity index (χ2v) is 3.16. The summed E-state index contributed by atoms with van der Waals surface area (Å²) < 4.78 is 5.19. The number of hydrogen-bond acceptors (Lipinski definition) is 2. The molecule has 0 saturated heterocycles. The van der Waals surface area contributed by atoms with Gasteiger partial charge < -0.3 is 4.74 Å². The van der Waals surface area contributed by atoms with Crippen molar-refractivity contribution in [2.75, 3.05) is 0 Å². The Kier molecular flexibility index (Phi) is 5.49. The van der Waals surface area contributed by atoms with E-state index in [4.69, 9.17) is 33.7 Å². The van der Waals surface area contributed by atoms with Crippen molar-refractivity contribution in [3.63, 3.8) is 0 Å². The lowest BCUT2D eigenvalue weighted by Crippen LogP contribution is -2.22. The summed E-state index contributed by atoms with van der Waals surface area (Å²) in [5.74, 6) is 0.513. The van der Waals surface area contributed by atoms with Crippen molar-refractivity contribution in [3.05, 3.63) is 28.2 Å². The lowest BCUT2D eigenvalue weighted by atomic mass is 10.3. The molecule has 1 rings (SSSR count). The van der Waals surface area contributed by atoms with E-state index in [1.165, 1.54) is 0 Å². The van der Waals surface area contributed by atoms with Crippen LogP contribution in [0.15, 0.2) is 18.2 Å². The van der Waals surface area contributed by atoms with E-state index in [0.29, 0.717) is 15.8 Å². The maximum Gasteiger partial charge on any atom is 0.144 e. The van der Waals surface area contributed by atoms with Gasteiger partial charge in [0.1, 0.15) is 17.0 Å². The number of halogens is 3. The standard InChI is InChI=1S/C8H9Cl2NO.ClH/c1-5(11)12-7-4-2-3-6(9)8(7)10;/h2-5H,11H2,1H3;1H. The van der Waals surface area contributed by atoms with Crippen molar-refractivity contribution < 1.29 is 4.74 Å². The molecule has 0 radical (unpaired) electrons. The number of nitrogens with two attached hydrogens (primary N) is 1. The van der Waals surface area contributed by atoms with Crippen molar-refractivity contribution in [3.8, 4) is 5.75 Å². The Bertz CT molecular complexity index is 278. The van der Waals surface area contributed by atoms with E-state index < -0.39 is 0 Å². The van der Waals surface area contributed by atoms with Crippen LogP contribution in [0.1, 0.15) is 6.92 Å². The molecule has 1 aromatic carbocycles. The molecule has 13 heavy (non-hydrogen) atoms. The topological polar surface area (TPSA) is 35.2 Å². The van der Waals surface area contributed by atoms with E-state index in [2.05, 4.69) is 0 Å². The van der Waals surface area contributed by atoms with Gasteiger partial charge in [-0.15, -0.1) is 12.4 Å². The first-order chi connectivity index (χ1) is 5.61. The van der Waals surface area contributed by atoms with Gasteiger partial charge in [0.15, 0.2) is 0 Å². The summed E-state index contributed by atoms with van der Waals surface area (Å²) in [5, 5.41) is 0.867. The van der Waals surface area contributed by atoms with E-state index in [1.54, 1.807) is 25.1 Å². The Morgan fingerprint density at radius 1 is 1.38 bits per heavy atom. The summed E-state index contributed by atoms with van der Waals surface area (Å²) in [7, 11) is 0. The summed E-state index contributed by atoms with van der Waals surface area (Å²) in [6.45, 7) is 1.72. The Morgan fingerprint density at radius 3 is 2.54 bits per heavy atom. The molecule has 0 saturated carbocycles. The number of benzene rings is 1. The molecule has 0 amide bonds. The molecule has 2 N–H and O–H groups in total. The highest BCUT2D eigenvalue weighted by Crippen LogP contribution is 2.31. The normalized spacial score (nSPS) is 11.7. The quantitative estimate of drug-likeness (QED) is 0.809. The second-order valence-electron chi connectivity index (χ2n) is 2.37. The Hall–Kier alpha value is -0.150. The zero-order valence-corrected chi connectivity index (χ0v) is 9.29. The van der Waals surface area contributed by atoms with Gasteiger partial charge in [0.05, 0.1) is 5.02 Å². The lowest BCUT2D eigenvalue weighted by Gasteiger charge is -2.11. The van der Waals surface area contributed by atoms with E-state index in [9.17, 15) is 0 Å². The monoisotopic (exact) mass is 241 g/mol. The smallest absolute Gasteiger partial charge is 0.144 e. The zero-order chi connectivity index (χ0) is 9.14. The first-order valence-electron chi connectivity index (χ1n) is 3.47. The van der Waals surface area contributed by atoms with Crippen LogP contribution in [-0.4, -0.2) is 6.23 Å². The van der Waals surface area contributed by atoms with E-state index in [-0.39, 0.29) is 18.6 Å². The summed E-state index contributed by atoms with van der Waals surface area (Å²) in [4.78, 5) is 0. The molecule has 1 aromatic rings. The van der Waals surface area contributed by atoms with Crippen molar-refractivity contribution in [2.45, 2.75) is 13.2 Å². The van der Waals surface area contributed by atoms with Crippen LogP contribution in [0.4, 0.5) is 0 Å². The van der Waals surface area contributed by atoms with Crippen molar-refractivity contribution in [2.24, 2.45) is 5.73 Å². The van der Waals surface area contributed by atoms with Gasteiger partial charge >= 0.3 is 0 Å². The zero-order valence-electron chi connectivity index (χ0n) is 6.96. The van der Waals surface area contributed by atoms with Crippen LogP contribution in [0.25, 0.3) is 0 Å². The lowest BCUT2D eigenvalue weighted by molar-refractivity contribution is 0.230. The summed E-state index contributed by atoms with van der Waals surface area (Å²) >= 11 is 11.6. The second kappa shape index (κ2) is 5.55. The van der Waals surface area contributed by atoms with Gasteiger partial charge in [-0.05, 0) is 19.1 Å². The molecule has 0 fully saturated rings. The Balaban J connectivity index is 0.00000144. The van der Waals surface area contributed by atoms with E-state index >= 15 is 0 Å². The van der Waals surface area contributed by atoms with Gasteiger partial charge in [0.25, 0.3) is 0 Å². The number of hydrogen-bond donors (Lipinski definition) is 1. The fraction of sp³-hybridized carbons (Fsp3) is 0.250. The van der Waals surface area contributed by atoms with Crippen LogP contribution in [0.5, 0.6) is 5.75 Å².